The summed E-state index contributed by atoms with van der Waals surface area (Å²) in [5.74, 6) is 0. The van der Waals surface area contributed by atoms with Gasteiger partial charge in [-0.25, -0.2) is 22.3 Å². The quantitative estimate of drug-likeness (QED) is 0.472. The van der Waals surface area contributed by atoms with Gasteiger partial charge in [0.25, 0.3) is 6.43 Å². The van der Waals surface area contributed by atoms with E-state index in [-0.39, 0.29) is 4.90 Å². The average Bonchev–Trinajstić information content (AvgIpc) is 2.69. The molecule has 3 N–H and O–H groups in total. The number of nitrogens with zero attached hydrogens (tertiary/aromatic N) is 2. The molecule has 1 rings (SSSR count). The highest BCUT2D eigenvalue weighted by atomic mass is 32.2. The van der Waals surface area contributed by atoms with E-state index in [0.29, 0.717) is 18.4 Å². The van der Waals surface area contributed by atoms with Gasteiger partial charge in [-0.1, -0.05) is 18.7 Å². The van der Waals surface area contributed by atoms with Gasteiger partial charge in [0.05, 0.1) is 12.1 Å². The minimum Gasteiger partial charge on any atom is -0.360 e. The Morgan fingerprint density at radius 2 is 1.79 bits per heavy atom. The molecule has 1 aromatic carbocycles. The second-order valence-corrected chi connectivity index (χ2v) is 6.52. The SMILES string of the molecule is C=C(C=N/C(=C\Nc1ccc(S(N)(=O)=O)cc1)C(F)F)/C=C\C.C=NCC.CF. The first kappa shape index (κ1) is 28.5. The van der Waals surface area contributed by atoms with Crippen molar-refractivity contribution in [3.63, 3.8) is 0 Å². The second kappa shape index (κ2) is 16.3. The monoisotopic (exact) mass is 432 g/mol. The van der Waals surface area contributed by atoms with Gasteiger partial charge in [-0.2, -0.15) is 0 Å². The molecule has 0 spiro atoms. The topological polar surface area (TPSA) is 96.9 Å². The molecule has 0 radical (unpaired) electrons. The molecule has 0 heterocycles. The molecule has 10 heteroatoms. The number of alkyl halides is 3. The largest absolute Gasteiger partial charge is 0.360 e. The van der Waals surface area contributed by atoms with Crippen LogP contribution in [0.4, 0.5) is 18.9 Å². The van der Waals surface area contributed by atoms with Crippen molar-refractivity contribution in [2.24, 2.45) is 15.1 Å². The molecule has 0 aliphatic carbocycles. The molecule has 6 nitrogen and oxygen atoms in total. The molecule has 1 aromatic rings. The molecular weight excluding hydrogens is 405 g/mol. The van der Waals surface area contributed by atoms with Crippen LogP contribution in [0.1, 0.15) is 13.8 Å². The molecule has 0 fully saturated rings. The lowest BCUT2D eigenvalue weighted by Gasteiger charge is -2.05. The lowest BCUT2D eigenvalue weighted by atomic mass is 10.3. The van der Waals surface area contributed by atoms with Crippen LogP contribution in [0, 0.1) is 0 Å². The lowest BCUT2D eigenvalue weighted by Crippen LogP contribution is -2.11. The van der Waals surface area contributed by atoms with Crippen LogP contribution < -0.4 is 10.5 Å². The molecule has 0 bridgehead atoms. The van der Waals surface area contributed by atoms with E-state index in [1.54, 1.807) is 19.1 Å². The first-order valence-corrected chi connectivity index (χ1v) is 9.73. The van der Waals surface area contributed by atoms with Gasteiger partial charge in [0.2, 0.25) is 10.0 Å². The Hall–Kier alpha value is -2.72. The Balaban J connectivity index is 0. The summed E-state index contributed by atoms with van der Waals surface area (Å²) in [6, 6.07) is 5.35. The molecule has 0 atom stereocenters. The van der Waals surface area contributed by atoms with Gasteiger partial charge in [-0.3, -0.25) is 9.38 Å². The van der Waals surface area contributed by atoms with Crippen LogP contribution in [-0.4, -0.2) is 41.5 Å². The number of nitrogens with one attached hydrogen (secondary N) is 1. The van der Waals surface area contributed by atoms with Crippen LogP contribution in [0.3, 0.4) is 0 Å². The zero-order valence-electron chi connectivity index (χ0n) is 16.6. The van der Waals surface area contributed by atoms with Gasteiger partial charge in [0.1, 0.15) is 5.70 Å². The van der Waals surface area contributed by atoms with E-state index < -0.39 is 22.1 Å². The molecule has 0 amide bonds. The lowest BCUT2D eigenvalue weighted by molar-refractivity contribution is 0.188. The third kappa shape index (κ3) is 14.0. The van der Waals surface area contributed by atoms with Crippen LogP contribution in [0.15, 0.2) is 75.3 Å². The van der Waals surface area contributed by atoms with Crippen LogP contribution in [-0.2, 0) is 10.0 Å². The van der Waals surface area contributed by atoms with Crippen molar-refractivity contribution >= 4 is 28.6 Å². The van der Waals surface area contributed by atoms with Crippen LogP contribution in [0.25, 0.3) is 0 Å². The minimum absolute atomic E-state index is 0.0678. The van der Waals surface area contributed by atoms with E-state index in [2.05, 4.69) is 28.6 Å². The Bertz CT molecular complexity index is 803. The maximum Gasteiger partial charge on any atom is 0.281 e. The summed E-state index contributed by atoms with van der Waals surface area (Å²) >= 11 is 0. The first-order chi connectivity index (χ1) is 13.6. The summed E-state index contributed by atoms with van der Waals surface area (Å²) in [6.45, 7) is 11.4. The van der Waals surface area contributed by atoms with Crippen molar-refractivity contribution in [2.45, 2.75) is 25.2 Å². The molecule has 0 saturated carbocycles. The van der Waals surface area contributed by atoms with Crippen molar-refractivity contribution in [2.75, 3.05) is 19.0 Å². The van der Waals surface area contributed by atoms with Gasteiger partial charge < -0.3 is 10.3 Å². The summed E-state index contributed by atoms with van der Waals surface area (Å²) in [5, 5.41) is 7.59. The Morgan fingerprint density at radius 3 is 2.17 bits per heavy atom. The number of hydrogen-bond acceptors (Lipinski definition) is 5. The van der Waals surface area contributed by atoms with E-state index in [1.165, 1.54) is 30.5 Å². The smallest absolute Gasteiger partial charge is 0.281 e. The third-order valence-corrected chi connectivity index (χ3v) is 3.71. The highest BCUT2D eigenvalue weighted by Gasteiger charge is 2.10. The number of rotatable bonds is 8. The Kier molecular flexibility index (Phi) is 16.0. The molecule has 0 aliphatic heterocycles. The molecule has 0 aromatic heterocycles. The fourth-order valence-electron chi connectivity index (χ4n) is 1.47. The van der Waals surface area contributed by atoms with Crippen molar-refractivity contribution in [1.82, 2.24) is 0 Å². The van der Waals surface area contributed by atoms with E-state index >= 15 is 0 Å². The highest BCUT2D eigenvalue weighted by molar-refractivity contribution is 7.89. The maximum absolute atomic E-state index is 12.9. The maximum atomic E-state index is 12.9. The number of halogens is 3. The standard InChI is InChI=1S/C15H17F2N3O2S.C3H7N.CH3F/c1-3-4-11(2)9-20-14(15(16)17)10-19-12-5-7-13(8-6-12)23(18,21)22;1-3-4-2;1-2/h3-10,15,19H,2H2,1H3,(H2,18,21,22);2-3H2,1H3;1H3/b4-3-,14-10-,20-9?;;. The Morgan fingerprint density at radius 1 is 1.28 bits per heavy atom. The first-order valence-electron chi connectivity index (χ1n) is 8.19. The number of benzene rings is 1. The van der Waals surface area contributed by atoms with Gasteiger partial charge >= 0.3 is 0 Å². The normalized spacial score (nSPS) is 11.5. The highest BCUT2D eigenvalue weighted by Crippen LogP contribution is 2.15. The minimum atomic E-state index is -3.79. The average molecular weight is 433 g/mol. The van der Waals surface area contributed by atoms with E-state index in [0.717, 1.165) is 12.7 Å². The predicted octanol–water partition coefficient (Wildman–Crippen LogP) is 4.35. The second-order valence-electron chi connectivity index (χ2n) is 4.96. The van der Waals surface area contributed by atoms with E-state index in [4.69, 9.17) is 5.14 Å². The third-order valence-electron chi connectivity index (χ3n) is 2.78. The Labute approximate surface area is 170 Å². The summed E-state index contributed by atoms with van der Waals surface area (Å²) in [5.41, 5.74) is 0.417. The van der Waals surface area contributed by atoms with E-state index in [1.807, 2.05) is 6.92 Å². The fraction of sp³-hybridized carbons (Fsp3) is 0.263. The zero-order valence-corrected chi connectivity index (χ0v) is 17.5. The number of sulfonamides is 1. The van der Waals surface area contributed by atoms with E-state index in [9.17, 15) is 21.6 Å². The number of aliphatic imine (C=N–C) groups is 2. The summed E-state index contributed by atoms with van der Waals surface area (Å²) < 4.78 is 57.5. The fourth-order valence-corrected chi connectivity index (χ4v) is 1.98. The number of anilines is 1. The molecule has 162 valence electrons. The van der Waals surface area contributed by atoms with Gasteiger partial charge in [-0.15, -0.1) is 0 Å². The number of hydrogen-bond donors (Lipinski definition) is 2. The summed E-state index contributed by atoms with van der Waals surface area (Å²) in [4.78, 5) is 7.09. The molecular formula is C19H27F3N4O2S. The number of primary sulfonamides is 1. The molecule has 29 heavy (non-hydrogen) atoms. The molecule has 0 unspecified atom stereocenters. The molecule has 0 aliphatic rings. The number of allylic oxidation sites excluding steroid dienone is 4. The zero-order chi connectivity index (χ0) is 22.9. The van der Waals surface area contributed by atoms with Crippen molar-refractivity contribution in [3.05, 3.63) is 60.5 Å². The predicted molar refractivity (Wildman–Crippen MR) is 115 cm³/mol. The van der Waals surface area contributed by atoms with Crippen molar-refractivity contribution in [1.29, 1.82) is 0 Å². The van der Waals surface area contributed by atoms with Gasteiger partial charge in [0.15, 0.2) is 0 Å². The van der Waals surface area contributed by atoms with Crippen LogP contribution >= 0.6 is 0 Å². The summed E-state index contributed by atoms with van der Waals surface area (Å²) in [7, 11) is -3.29. The van der Waals surface area contributed by atoms with Crippen molar-refractivity contribution in [3.8, 4) is 0 Å². The van der Waals surface area contributed by atoms with Crippen LogP contribution in [0.2, 0.25) is 0 Å². The van der Waals surface area contributed by atoms with Gasteiger partial charge in [-0.05, 0) is 50.4 Å². The number of nitrogens with two attached hydrogens (primary N) is 1. The van der Waals surface area contributed by atoms with Gasteiger partial charge in [0, 0.05) is 24.6 Å². The van der Waals surface area contributed by atoms with Crippen molar-refractivity contribution < 1.29 is 21.6 Å². The molecule has 0 saturated heterocycles. The van der Waals surface area contributed by atoms with Crippen LogP contribution in [0.5, 0.6) is 0 Å². The summed E-state index contributed by atoms with van der Waals surface area (Å²) in [6.07, 6.45) is 2.83.